The van der Waals surface area contributed by atoms with E-state index in [1.807, 2.05) is 47.2 Å². The lowest BCUT2D eigenvalue weighted by molar-refractivity contribution is -0.138. The van der Waals surface area contributed by atoms with Gasteiger partial charge in [-0.3, -0.25) is 9.59 Å². The van der Waals surface area contributed by atoms with Gasteiger partial charge in [-0.15, -0.1) is 0 Å². The van der Waals surface area contributed by atoms with Crippen LogP contribution in [0.2, 0.25) is 5.02 Å². The third-order valence-electron chi connectivity index (χ3n) is 5.47. The molecule has 0 spiro atoms. The van der Waals surface area contributed by atoms with Crippen LogP contribution in [-0.2, 0) is 14.3 Å². The number of hydrogen-bond donors (Lipinski definition) is 2. The average molecular weight is 471 g/mol. The number of carbonyl (C=O) groups excluding carboxylic acids is 1. The quantitative estimate of drug-likeness (QED) is 0.543. The molecule has 4 rings (SSSR count). The van der Waals surface area contributed by atoms with E-state index >= 15 is 0 Å². The minimum Gasteiger partial charge on any atom is -0.493 e. The van der Waals surface area contributed by atoms with Gasteiger partial charge in [0, 0.05) is 22.3 Å². The number of hydrogen-bond acceptors (Lipinski definition) is 5. The first-order chi connectivity index (χ1) is 15.9. The van der Waals surface area contributed by atoms with Crippen LogP contribution in [0.1, 0.15) is 35.4 Å². The number of carbonyl (C=O) groups is 2. The molecule has 1 amide bonds. The summed E-state index contributed by atoms with van der Waals surface area (Å²) in [5.41, 5.74) is 3.11. The number of carboxylic acid groups (broad SMARTS) is 1. The minimum absolute atomic E-state index is 0.0677. The fraction of sp³-hybridized carbons (Fsp3) is 0.250. The number of halogens is 1. The summed E-state index contributed by atoms with van der Waals surface area (Å²) < 4.78 is 19.6. The van der Waals surface area contributed by atoms with Crippen LogP contribution in [0.3, 0.4) is 0 Å². The van der Waals surface area contributed by atoms with E-state index < -0.39 is 30.6 Å². The van der Waals surface area contributed by atoms with Crippen molar-refractivity contribution in [3.05, 3.63) is 76.6 Å². The van der Waals surface area contributed by atoms with Crippen molar-refractivity contribution in [1.82, 2.24) is 9.88 Å². The Morgan fingerprint density at radius 3 is 2.67 bits per heavy atom. The lowest BCUT2D eigenvalue weighted by atomic mass is 9.98. The number of nitrogens with zero attached hydrogens (tertiary/aromatic N) is 1. The Kier molecular flexibility index (Phi) is 6.57. The zero-order chi connectivity index (χ0) is 23.5. The maximum absolute atomic E-state index is 12.5. The van der Waals surface area contributed by atoms with Crippen molar-refractivity contribution < 1.29 is 28.9 Å². The van der Waals surface area contributed by atoms with Gasteiger partial charge in [0.25, 0.3) is 0 Å². The number of nitrogens with one attached hydrogen (secondary N) is 1. The second-order valence-electron chi connectivity index (χ2n) is 7.47. The Morgan fingerprint density at radius 2 is 1.94 bits per heavy atom. The van der Waals surface area contributed by atoms with Crippen molar-refractivity contribution in [3.63, 3.8) is 0 Å². The first kappa shape index (κ1) is 22.7. The number of fused-ring (bicyclic) bond motifs is 3. The van der Waals surface area contributed by atoms with Gasteiger partial charge < -0.3 is 29.2 Å². The summed E-state index contributed by atoms with van der Waals surface area (Å²) in [7, 11) is 3.11. The van der Waals surface area contributed by atoms with Gasteiger partial charge in [-0.05, 0) is 36.4 Å². The highest BCUT2D eigenvalue weighted by Gasteiger charge is 2.33. The third kappa shape index (κ3) is 4.53. The number of para-hydroxylation sites is 1. The number of methoxy groups -OCH3 is 2. The average Bonchev–Trinajstić information content (AvgIpc) is 3.25. The molecule has 0 saturated heterocycles. The number of aromatic nitrogens is 1. The van der Waals surface area contributed by atoms with Crippen LogP contribution < -0.4 is 14.8 Å². The Hall–Kier alpha value is -3.49. The Labute approximate surface area is 195 Å². The smallest absolute Gasteiger partial charge is 0.322 e. The molecule has 2 N–H and O–H groups in total. The molecule has 2 aromatic carbocycles. The van der Waals surface area contributed by atoms with Gasteiger partial charge in [-0.1, -0.05) is 23.7 Å². The van der Waals surface area contributed by atoms with Gasteiger partial charge in [0.05, 0.1) is 32.0 Å². The van der Waals surface area contributed by atoms with E-state index in [1.54, 1.807) is 26.4 Å². The number of carboxylic acids is 1. The van der Waals surface area contributed by atoms with Crippen molar-refractivity contribution in [3.8, 4) is 17.2 Å². The highest BCUT2D eigenvalue weighted by molar-refractivity contribution is 6.30. The Bertz CT molecular complexity index is 1190. The molecule has 2 heterocycles. The summed E-state index contributed by atoms with van der Waals surface area (Å²) in [5, 5.41) is 11.8. The molecule has 1 aliphatic heterocycles. The van der Waals surface area contributed by atoms with Crippen molar-refractivity contribution in [2.45, 2.75) is 18.6 Å². The number of rotatable bonds is 7. The largest absolute Gasteiger partial charge is 0.493 e. The fourth-order valence-corrected chi connectivity index (χ4v) is 4.25. The molecule has 33 heavy (non-hydrogen) atoms. The molecular formula is C24H23ClN2O6. The van der Waals surface area contributed by atoms with Gasteiger partial charge in [0.2, 0.25) is 5.91 Å². The third-order valence-corrected chi connectivity index (χ3v) is 5.70. The maximum atomic E-state index is 12.5. The summed E-state index contributed by atoms with van der Waals surface area (Å²) in [4.78, 5) is 23.4. The monoisotopic (exact) mass is 470 g/mol. The molecule has 0 radical (unpaired) electrons. The number of amides is 1. The molecule has 0 aliphatic carbocycles. The summed E-state index contributed by atoms with van der Waals surface area (Å²) in [6, 6.07) is 14.8. The van der Waals surface area contributed by atoms with Gasteiger partial charge in [0.1, 0.15) is 18.8 Å². The molecule has 3 aromatic rings. The van der Waals surface area contributed by atoms with Gasteiger partial charge >= 0.3 is 5.97 Å². The van der Waals surface area contributed by atoms with E-state index in [4.69, 9.17) is 30.9 Å². The van der Waals surface area contributed by atoms with Crippen LogP contribution in [-0.4, -0.2) is 42.3 Å². The van der Waals surface area contributed by atoms with E-state index in [0.717, 1.165) is 16.9 Å². The molecule has 0 saturated carbocycles. The number of ether oxygens (including phenoxy) is 3. The number of aliphatic carboxylic acids is 1. The van der Waals surface area contributed by atoms with Crippen LogP contribution in [0.25, 0.3) is 5.69 Å². The summed E-state index contributed by atoms with van der Waals surface area (Å²) >= 11 is 6.37. The van der Waals surface area contributed by atoms with Crippen molar-refractivity contribution in [1.29, 1.82) is 0 Å². The molecule has 8 nitrogen and oxygen atoms in total. The lowest BCUT2D eigenvalue weighted by Crippen LogP contribution is -2.31. The van der Waals surface area contributed by atoms with Crippen LogP contribution in [0, 0.1) is 0 Å². The van der Waals surface area contributed by atoms with Gasteiger partial charge in [-0.25, -0.2) is 0 Å². The predicted octanol–water partition coefficient (Wildman–Crippen LogP) is 3.90. The summed E-state index contributed by atoms with van der Waals surface area (Å²) in [6.07, 6.45) is 0.516. The number of benzene rings is 2. The first-order valence-electron chi connectivity index (χ1n) is 10.2. The molecule has 0 bridgehead atoms. The molecule has 1 aliphatic rings. The highest BCUT2D eigenvalue weighted by Crippen LogP contribution is 2.46. The van der Waals surface area contributed by atoms with Crippen LogP contribution in [0.4, 0.5) is 0 Å². The van der Waals surface area contributed by atoms with Crippen molar-refractivity contribution in [2.24, 2.45) is 0 Å². The van der Waals surface area contributed by atoms with Crippen molar-refractivity contribution in [2.75, 3.05) is 20.8 Å². The molecule has 0 unspecified atom stereocenters. The first-order valence-corrected chi connectivity index (χ1v) is 10.6. The van der Waals surface area contributed by atoms with E-state index in [2.05, 4.69) is 5.32 Å². The van der Waals surface area contributed by atoms with E-state index in [0.29, 0.717) is 22.1 Å². The second-order valence-corrected chi connectivity index (χ2v) is 7.90. The predicted molar refractivity (Wildman–Crippen MR) is 121 cm³/mol. The summed E-state index contributed by atoms with van der Waals surface area (Å²) in [6.45, 7) is -0.463. The zero-order valence-electron chi connectivity index (χ0n) is 18.1. The topological polar surface area (TPSA) is 99.0 Å². The fourth-order valence-electron chi connectivity index (χ4n) is 4.06. The van der Waals surface area contributed by atoms with E-state index in [-0.39, 0.29) is 6.42 Å². The molecule has 2 atom stereocenters. The normalized spacial score (nSPS) is 16.8. The van der Waals surface area contributed by atoms with E-state index in [9.17, 15) is 9.59 Å². The molecule has 0 fully saturated rings. The molecule has 9 heteroatoms. The van der Waals surface area contributed by atoms with Gasteiger partial charge in [0.15, 0.2) is 11.5 Å². The molecule has 172 valence electrons. The zero-order valence-corrected chi connectivity index (χ0v) is 18.8. The highest BCUT2D eigenvalue weighted by atomic mass is 35.5. The Balaban J connectivity index is 1.83. The lowest BCUT2D eigenvalue weighted by Gasteiger charge is -2.25. The SMILES string of the molecule is COc1cccc([C@H]2O[C@H](CC(=O)NCC(=O)O)c3cccn3-c3ccc(Cl)cc32)c1OC. The Morgan fingerprint density at radius 1 is 1.12 bits per heavy atom. The summed E-state index contributed by atoms with van der Waals surface area (Å²) in [5.74, 6) is -0.497. The van der Waals surface area contributed by atoms with Crippen LogP contribution in [0.5, 0.6) is 11.5 Å². The van der Waals surface area contributed by atoms with Crippen molar-refractivity contribution >= 4 is 23.5 Å². The minimum atomic E-state index is -1.12. The molecule has 1 aromatic heterocycles. The van der Waals surface area contributed by atoms with Crippen LogP contribution in [0.15, 0.2) is 54.7 Å². The van der Waals surface area contributed by atoms with Gasteiger partial charge in [-0.2, -0.15) is 0 Å². The van der Waals surface area contributed by atoms with E-state index in [1.165, 1.54) is 0 Å². The van der Waals surface area contributed by atoms with Crippen LogP contribution >= 0.6 is 11.6 Å². The standard InChI is InChI=1S/C24H23ClN2O6/c1-31-19-7-3-5-15(24(19)32-2)23-16-11-14(25)8-9-17(16)27-10-4-6-18(27)20(33-23)12-21(28)26-13-22(29)30/h3-11,20,23H,12-13H2,1-2H3,(H,26,28)(H,29,30)/t20-,23-/m1/s1. The maximum Gasteiger partial charge on any atom is 0.322 e. The molecular weight excluding hydrogens is 448 g/mol. The second kappa shape index (κ2) is 9.56.